The fourth-order valence-electron chi connectivity index (χ4n) is 2.78. The molecule has 1 saturated carbocycles. The molecule has 1 aliphatic carbocycles. The molecule has 0 amide bonds. The van der Waals surface area contributed by atoms with E-state index in [0.717, 1.165) is 29.9 Å². The summed E-state index contributed by atoms with van der Waals surface area (Å²) in [6.45, 7) is 6.97. The number of rotatable bonds is 6. The van der Waals surface area contributed by atoms with Crippen molar-refractivity contribution in [1.82, 2.24) is 15.6 Å². The van der Waals surface area contributed by atoms with Gasteiger partial charge in [-0.15, -0.1) is 11.3 Å². The van der Waals surface area contributed by atoms with E-state index in [-0.39, 0.29) is 0 Å². The van der Waals surface area contributed by atoms with Crippen LogP contribution in [0.2, 0.25) is 0 Å². The first-order valence-corrected chi connectivity index (χ1v) is 9.04. The summed E-state index contributed by atoms with van der Waals surface area (Å²) in [6.07, 6.45) is 5.35. The van der Waals surface area contributed by atoms with Crippen molar-refractivity contribution < 1.29 is 0 Å². The van der Waals surface area contributed by atoms with E-state index in [2.05, 4.69) is 39.8 Å². The van der Waals surface area contributed by atoms with Crippen molar-refractivity contribution in [3.63, 3.8) is 0 Å². The summed E-state index contributed by atoms with van der Waals surface area (Å²) in [5.41, 5.74) is 1.45. The van der Waals surface area contributed by atoms with Crippen LogP contribution in [0.15, 0.2) is 10.4 Å². The second-order valence-corrected chi connectivity index (χ2v) is 7.42. The van der Waals surface area contributed by atoms with Gasteiger partial charge in [0.05, 0.1) is 12.2 Å². The molecule has 0 aliphatic heterocycles. The first-order chi connectivity index (χ1) is 10.5. The van der Waals surface area contributed by atoms with E-state index in [9.17, 15) is 0 Å². The smallest absolute Gasteiger partial charge is 0.191 e. The average Bonchev–Trinajstić information content (AvgIpc) is 3.11. The second kappa shape index (κ2) is 7.81. The molecular formula is C16H29N5S. The fraction of sp³-hybridized carbons (Fsp3) is 0.750. The lowest BCUT2D eigenvalue weighted by molar-refractivity contribution is 0.334. The molecule has 22 heavy (non-hydrogen) atoms. The van der Waals surface area contributed by atoms with Crippen LogP contribution in [-0.4, -0.2) is 38.1 Å². The number of nitrogens with zero attached hydrogens (tertiary/aromatic N) is 3. The van der Waals surface area contributed by atoms with E-state index in [1.807, 2.05) is 19.0 Å². The Morgan fingerprint density at radius 1 is 1.36 bits per heavy atom. The molecule has 0 bridgehead atoms. The fourth-order valence-corrected chi connectivity index (χ4v) is 3.53. The van der Waals surface area contributed by atoms with Crippen LogP contribution in [-0.2, 0) is 6.54 Å². The zero-order chi connectivity index (χ0) is 16.0. The highest BCUT2D eigenvalue weighted by Gasteiger charge is 2.28. The molecule has 1 aromatic rings. The molecule has 2 N–H and O–H groups in total. The van der Waals surface area contributed by atoms with Gasteiger partial charge in [-0.3, -0.25) is 0 Å². The van der Waals surface area contributed by atoms with Gasteiger partial charge in [0, 0.05) is 32.6 Å². The van der Waals surface area contributed by atoms with E-state index < -0.39 is 0 Å². The Morgan fingerprint density at radius 2 is 2.09 bits per heavy atom. The zero-order valence-corrected chi connectivity index (χ0v) is 15.1. The van der Waals surface area contributed by atoms with Gasteiger partial charge in [-0.25, -0.2) is 9.98 Å². The van der Waals surface area contributed by atoms with E-state index in [1.54, 1.807) is 11.3 Å². The Labute approximate surface area is 138 Å². The number of guanidine groups is 1. The standard InChI is InChI=1S/C16H29N5S/c1-5-17-14(19-12-16(2)8-6-7-9-16)18-10-13-11-22-15(20-13)21(3)4/h11H,5-10,12H2,1-4H3,(H2,17,18,19). The van der Waals surface area contributed by atoms with Gasteiger partial charge in [0.1, 0.15) is 0 Å². The molecule has 0 saturated heterocycles. The molecule has 6 heteroatoms. The SMILES string of the molecule is CCNC(=NCc1csc(N(C)C)n1)NCC1(C)CCCC1. The summed E-state index contributed by atoms with van der Waals surface area (Å²) in [5, 5.41) is 9.95. The van der Waals surface area contributed by atoms with Crippen LogP contribution in [0.5, 0.6) is 0 Å². The number of anilines is 1. The Morgan fingerprint density at radius 3 is 2.68 bits per heavy atom. The van der Waals surface area contributed by atoms with Crippen molar-refractivity contribution in [3.8, 4) is 0 Å². The molecule has 1 aromatic heterocycles. The first-order valence-electron chi connectivity index (χ1n) is 8.16. The lowest BCUT2D eigenvalue weighted by Gasteiger charge is -2.25. The van der Waals surface area contributed by atoms with E-state index in [1.165, 1.54) is 25.7 Å². The minimum Gasteiger partial charge on any atom is -0.357 e. The predicted octanol–water partition coefficient (Wildman–Crippen LogP) is 2.84. The molecular weight excluding hydrogens is 294 g/mol. The van der Waals surface area contributed by atoms with E-state index in [0.29, 0.717) is 12.0 Å². The van der Waals surface area contributed by atoms with Gasteiger partial charge in [0.15, 0.2) is 11.1 Å². The molecule has 0 atom stereocenters. The van der Waals surface area contributed by atoms with Crippen molar-refractivity contribution in [1.29, 1.82) is 0 Å². The maximum Gasteiger partial charge on any atom is 0.191 e. The van der Waals surface area contributed by atoms with Crippen LogP contribution < -0.4 is 15.5 Å². The third kappa shape index (κ3) is 4.87. The highest BCUT2D eigenvalue weighted by Crippen LogP contribution is 2.36. The monoisotopic (exact) mass is 323 g/mol. The van der Waals surface area contributed by atoms with Gasteiger partial charge in [0.25, 0.3) is 0 Å². The van der Waals surface area contributed by atoms with Gasteiger partial charge in [-0.1, -0.05) is 19.8 Å². The molecule has 1 aliphatic rings. The Hall–Kier alpha value is -1.30. The molecule has 1 fully saturated rings. The molecule has 0 radical (unpaired) electrons. The van der Waals surface area contributed by atoms with Crippen molar-refractivity contribution >= 4 is 22.4 Å². The van der Waals surface area contributed by atoms with Gasteiger partial charge < -0.3 is 15.5 Å². The number of aromatic nitrogens is 1. The number of hydrogen-bond donors (Lipinski definition) is 2. The van der Waals surface area contributed by atoms with Gasteiger partial charge in [-0.05, 0) is 25.2 Å². The quantitative estimate of drug-likeness (QED) is 0.624. The van der Waals surface area contributed by atoms with E-state index >= 15 is 0 Å². The van der Waals surface area contributed by atoms with Gasteiger partial charge in [-0.2, -0.15) is 0 Å². The topological polar surface area (TPSA) is 52.6 Å². The zero-order valence-electron chi connectivity index (χ0n) is 14.3. The van der Waals surface area contributed by atoms with Crippen LogP contribution in [0.4, 0.5) is 5.13 Å². The maximum absolute atomic E-state index is 4.67. The number of hydrogen-bond acceptors (Lipinski definition) is 4. The molecule has 2 rings (SSSR count). The summed E-state index contributed by atoms with van der Waals surface area (Å²) in [6, 6.07) is 0. The average molecular weight is 324 g/mol. The molecule has 0 unspecified atom stereocenters. The van der Waals surface area contributed by atoms with Crippen LogP contribution in [0.3, 0.4) is 0 Å². The van der Waals surface area contributed by atoms with Crippen LogP contribution in [0, 0.1) is 5.41 Å². The molecule has 0 aromatic carbocycles. The Kier molecular flexibility index (Phi) is 6.06. The van der Waals surface area contributed by atoms with Crippen molar-refractivity contribution in [2.45, 2.75) is 46.1 Å². The second-order valence-electron chi connectivity index (χ2n) is 6.58. The highest BCUT2D eigenvalue weighted by atomic mass is 32.1. The van der Waals surface area contributed by atoms with Crippen molar-refractivity contribution in [3.05, 3.63) is 11.1 Å². The summed E-state index contributed by atoms with van der Waals surface area (Å²) in [7, 11) is 4.03. The molecule has 1 heterocycles. The summed E-state index contributed by atoms with van der Waals surface area (Å²) < 4.78 is 0. The number of aliphatic imine (C=N–C) groups is 1. The predicted molar refractivity (Wildman–Crippen MR) is 95.8 cm³/mol. The third-order valence-corrected chi connectivity index (χ3v) is 5.22. The summed E-state index contributed by atoms with van der Waals surface area (Å²) in [4.78, 5) is 11.3. The van der Waals surface area contributed by atoms with Crippen molar-refractivity contribution in [2.24, 2.45) is 10.4 Å². The first kappa shape index (κ1) is 17.1. The number of thiazole rings is 1. The largest absolute Gasteiger partial charge is 0.357 e. The molecule has 0 spiro atoms. The Bertz CT molecular complexity index is 488. The normalized spacial score (nSPS) is 17.5. The van der Waals surface area contributed by atoms with Gasteiger partial charge in [0.2, 0.25) is 0 Å². The lowest BCUT2D eigenvalue weighted by atomic mass is 9.89. The molecule has 5 nitrogen and oxygen atoms in total. The molecule has 124 valence electrons. The third-order valence-electron chi connectivity index (χ3n) is 4.16. The highest BCUT2D eigenvalue weighted by molar-refractivity contribution is 7.13. The van der Waals surface area contributed by atoms with Crippen LogP contribution >= 0.6 is 11.3 Å². The maximum atomic E-state index is 4.67. The van der Waals surface area contributed by atoms with Crippen LogP contribution in [0.1, 0.15) is 45.2 Å². The minimum absolute atomic E-state index is 0.426. The summed E-state index contributed by atoms with van der Waals surface area (Å²) >= 11 is 1.66. The summed E-state index contributed by atoms with van der Waals surface area (Å²) in [5.74, 6) is 0.898. The van der Waals surface area contributed by atoms with Crippen LogP contribution in [0.25, 0.3) is 0 Å². The van der Waals surface area contributed by atoms with Crippen molar-refractivity contribution in [2.75, 3.05) is 32.1 Å². The number of nitrogens with one attached hydrogen (secondary N) is 2. The van der Waals surface area contributed by atoms with E-state index in [4.69, 9.17) is 0 Å². The minimum atomic E-state index is 0.426. The Balaban J connectivity index is 1.91. The van der Waals surface area contributed by atoms with Gasteiger partial charge >= 0.3 is 0 Å². The lowest BCUT2D eigenvalue weighted by Crippen LogP contribution is -2.42.